The lowest BCUT2D eigenvalue weighted by atomic mass is 9.88. The molecule has 1 amide bonds. The van der Waals surface area contributed by atoms with Crippen molar-refractivity contribution >= 4 is 35.0 Å². The van der Waals surface area contributed by atoms with E-state index < -0.39 is 6.04 Å². The maximum absolute atomic E-state index is 13.8. The van der Waals surface area contributed by atoms with Crippen molar-refractivity contribution in [1.82, 2.24) is 14.7 Å². The van der Waals surface area contributed by atoms with Gasteiger partial charge in [-0.15, -0.1) is 11.8 Å². The third-order valence-corrected chi connectivity index (χ3v) is 10.1. The minimum atomic E-state index is -0.459. The van der Waals surface area contributed by atoms with Crippen molar-refractivity contribution in [3.05, 3.63) is 82.6 Å². The molecule has 6 nitrogen and oxygen atoms in total. The molecule has 43 heavy (non-hydrogen) atoms. The molecular formula is C34H43ClFN5OS. The number of nitrogen functional groups attached to an aromatic ring is 1. The number of amides is 1. The van der Waals surface area contributed by atoms with Crippen molar-refractivity contribution in [2.75, 3.05) is 57.3 Å². The molecule has 0 aromatic heterocycles. The number of likely N-dealkylation sites (tertiary alicyclic amines) is 1. The lowest BCUT2D eigenvalue weighted by molar-refractivity contribution is -0.136. The Kier molecular flexibility index (Phi) is 11.0. The number of hydrogen-bond acceptors (Lipinski definition) is 6. The molecule has 1 atom stereocenters. The van der Waals surface area contributed by atoms with Crippen LogP contribution in [0.5, 0.6) is 0 Å². The van der Waals surface area contributed by atoms with Crippen molar-refractivity contribution in [2.45, 2.75) is 43.7 Å². The van der Waals surface area contributed by atoms with Crippen molar-refractivity contribution in [3.63, 3.8) is 0 Å². The Morgan fingerprint density at radius 3 is 2.42 bits per heavy atom. The molecule has 2 aliphatic heterocycles. The highest BCUT2D eigenvalue weighted by Crippen LogP contribution is 2.32. The number of anilines is 1. The number of nitrogens with two attached hydrogens (primary N) is 2. The summed E-state index contributed by atoms with van der Waals surface area (Å²) in [4.78, 5) is 21.1. The third-order valence-electron chi connectivity index (χ3n) is 8.85. The first-order valence-electron chi connectivity index (χ1n) is 15.4. The summed E-state index contributed by atoms with van der Waals surface area (Å²) in [5, 5.41) is 0.730. The van der Waals surface area contributed by atoms with Gasteiger partial charge in [-0.2, -0.15) is 0 Å². The zero-order valence-corrected chi connectivity index (χ0v) is 26.6. The van der Waals surface area contributed by atoms with E-state index in [1.165, 1.54) is 11.6 Å². The fraction of sp³-hybridized carbons (Fsp3) is 0.441. The Bertz CT molecular complexity index is 1390. The minimum absolute atomic E-state index is 0.0751. The highest BCUT2D eigenvalue weighted by atomic mass is 35.5. The van der Waals surface area contributed by atoms with Gasteiger partial charge in [0.1, 0.15) is 5.82 Å². The second kappa shape index (κ2) is 14.9. The summed E-state index contributed by atoms with van der Waals surface area (Å²) in [5.74, 6) is 0.979. The molecule has 9 heteroatoms. The van der Waals surface area contributed by atoms with Gasteiger partial charge in [-0.25, -0.2) is 4.39 Å². The average molecular weight is 624 g/mol. The van der Waals surface area contributed by atoms with Crippen LogP contribution >= 0.6 is 23.4 Å². The SMILES string of the molecule is CCSc1cc(F)ccc1CN1CCN(C(=O)[C@H](N)C2CCN(CCc3cc(Cl)ccc3-c3ccccc3N)CC2)CC1. The van der Waals surface area contributed by atoms with E-state index >= 15 is 0 Å². The summed E-state index contributed by atoms with van der Waals surface area (Å²) in [6, 6.07) is 18.6. The third kappa shape index (κ3) is 8.11. The molecule has 0 bridgehead atoms. The number of halogens is 2. The van der Waals surface area contributed by atoms with Crippen LogP contribution in [-0.4, -0.2) is 78.2 Å². The molecule has 5 rings (SSSR count). The molecule has 3 aromatic carbocycles. The van der Waals surface area contributed by atoms with Crippen LogP contribution in [0.4, 0.5) is 10.1 Å². The van der Waals surface area contributed by atoms with Gasteiger partial charge in [0.15, 0.2) is 0 Å². The molecule has 3 aromatic rings. The van der Waals surface area contributed by atoms with E-state index in [0.29, 0.717) is 13.1 Å². The van der Waals surface area contributed by atoms with Crippen molar-refractivity contribution < 1.29 is 9.18 Å². The van der Waals surface area contributed by atoms with Gasteiger partial charge in [-0.1, -0.05) is 48.9 Å². The van der Waals surface area contributed by atoms with Gasteiger partial charge in [-0.05, 0) is 91.0 Å². The predicted octanol–water partition coefficient (Wildman–Crippen LogP) is 5.77. The smallest absolute Gasteiger partial charge is 0.239 e. The number of thioether (sulfide) groups is 1. The molecule has 2 saturated heterocycles. The first-order valence-corrected chi connectivity index (χ1v) is 16.7. The molecule has 0 saturated carbocycles. The van der Waals surface area contributed by atoms with Gasteiger partial charge in [0, 0.05) is 60.4 Å². The summed E-state index contributed by atoms with van der Waals surface area (Å²) < 4.78 is 13.8. The van der Waals surface area contributed by atoms with Gasteiger partial charge in [-0.3, -0.25) is 9.69 Å². The molecule has 4 N–H and O–H groups in total. The van der Waals surface area contributed by atoms with Gasteiger partial charge in [0.2, 0.25) is 5.91 Å². The van der Waals surface area contributed by atoms with E-state index in [1.54, 1.807) is 17.8 Å². The minimum Gasteiger partial charge on any atom is -0.398 e. The predicted molar refractivity (Wildman–Crippen MR) is 177 cm³/mol. The summed E-state index contributed by atoms with van der Waals surface area (Å²) in [6.45, 7) is 8.57. The second-order valence-electron chi connectivity index (χ2n) is 11.6. The molecule has 0 radical (unpaired) electrons. The number of nitrogens with zero attached hydrogens (tertiary/aromatic N) is 3. The number of carbonyl (C=O) groups excluding carboxylic acids is 1. The molecule has 2 fully saturated rings. The lowest BCUT2D eigenvalue weighted by Gasteiger charge is -2.39. The van der Waals surface area contributed by atoms with Crippen LogP contribution in [0.3, 0.4) is 0 Å². The van der Waals surface area contributed by atoms with Crippen LogP contribution in [0, 0.1) is 11.7 Å². The standard InChI is InChI=1S/C34H43ClFN5OS/c1-2-43-32-22-28(36)9-7-26(32)23-40-17-19-41(20-18-40)34(42)33(38)24-11-14-39(15-12-24)16-13-25-21-27(35)8-10-29(25)30-5-3-4-6-31(30)37/h3-10,21-22,24,33H,2,11-20,23,37-38H2,1H3/t33-/m1/s1. The second-order valence-corrected chi connectivity index (χ2v) is 13.4. The number of hydrogen-bond donors (Lipinski definition) is 2. The zero-order valence-electron chi connectivity index (χ0n) is 25.0. The van der Waals surface area contributed by atoms with E-state index in [1.807, 2.05) is 41.3 Å². The fourth-order valence-corrected chi connectivity index (χ4v) is 7.34. The van der Waals surface area contributed by atoms with E-state index in [0.717, 1.165) is 96.6 Å². The Morgan fingerprint density at radius 2 is 1.70 bits per heavy atom. The maximum atomic E-state index is 13.8. The van der Waals surface area contributed by atoms with E-state index in [4.69, 9.17) is 23.1 Å². The van der Waals surface area contributed by atoms with E-state index in [-0.39, 0.29) is 17.6 Å². The van der Waals surface area contributed by atoms with Crippen molar-refractivity contribution in [2.24, 2.45) is 11.7 Å². The summed E-state index contributed by atoms with van der Waals surface area (Å²) in [6.07, 6.45) is 2.72. The number of carbonyl (C=O) groups is 1. The van der Waals surface area contributed by atoms with Crippen molar-refractivity contribution in [3.8, 4) is 11.1 Å². The van der Waals surface area contributed by atoms with Crippen LogP contribution in [0.2, 0.25) is 5.02 Å². The van der Waals surface area contributed by atoms with Gasteiger partial charge in [0.05, 0.1) is 6.04 Å². The molecule has 2 aliphatic rings. The van der Waals surface area contributed by atoms with E-state index in [9.17, 15) is 9.18 Å². The topological polar surface area (TPSA) is 78.8 Å². The number of para-hydroxylation sites is 1. The molecular weight excluding hydrogens is 581 g/mol. The Labute approximate surface area is 264 Å². The molecule has 0 aliphatic carbocycles. The number of rotatable bonds is 10. The van der Waals surface area contributed by atoms with Gasteiger partial charge >= 0.3 is 0 Å². The quantitative estimate of drug-likeness (QED) is 0.221. The highest BCUT2D eigenvalue weighted by molar-refractivity contribution is 7.99. The first kappa shape index (κ1) is 31.8. The van der Waals surface area contributed by atoms with Crippen LogP contribution < -0.4 is 11.5 Å². The van der Waals surface area contributed by atoms with Gasteiger partial charge < -0.3 is 21.3 Å². The maximum Gasteiger partial charge on any atom is 0.239 e. The summed E-state index contributed by atoms with van der Waals surface area (Å²) in [5.41, 5.74) is 18.1. The first-order chi connectivity index (χ1) is 20.8. The monoisotopic (exact) mass is 623 g/mol. The highest BCUT2D eigenvalue weighted by Gasteiger charge is 2.32. The molecule has 230 valence electrons. The number of piperidine rings is 1. The van der Waals surface area contributed by atoms with Crippen LogP contribution in [0.25, 0.3) is 11.1 Å². The molecule has 2 heterocycles. The number of benzene rings is 3. The van der Waals surface area contributed by atoms with Crippen LogP contribution in [0.1, 0.15) is 30.9 Å². The molecule has 0 unspecified atom stereocenters. The summed E-state index contributed by atoms with van der Waals surface area (Å²) >= 11 is 8.04. The van der Waals surface area contributed by atoms with Crippen LogP contribution in [-0.2, 0) is 17.8 Å². The van der Waals surface area contributed by atoms with Crippen molar-refractivity contribution in [1.29, 1.82) is 0 Å². The summed E-state index contributed by atoms with van der Waals surface area (Å²) in [7, 11) is 0. The Balaban J connectivity index is 1.09. The normalized spacial score (nSPS) is 17.7. The fourth-order valence-electron chi connectivity index (χ4n) is 6.32. The van der Waals surface area contributed by atoms with Crippen LogP contribution in [0.15, 0.2) is 65.6 Å². The molecule has 0 spiro atoms. The van der Waals surface area contributed by atoms with Gasteiger partial charge in [0.25, 0.3) is 0 Å². The Morgan fingerprint density at radius 1 is 0.953 bits per heavy atom. The average Bonchev–Trinajstić information content (AvgIpc) is 3.02. The Hall–Kier alpha value is -2.62. The lowest BCUT2D eigenvalue weighted by Crippen LogP contribution is -2.55. The zero-order chi connectivity index (χ0) is 30.3. The number of piperazine rings is 1. The van der Waals surface area contributed by atoms with E-state index in [2.05, 4.69) is 28.9 Å². The largest absolute Gasteiger partial charge is 0.398 e.